The van der Waals surface area contributed by atoms with E-state index in [0.717, 1.165) is 11.1 Å². The molecule has 3 rings (SSSR count). The standard InChI is InChI=1S/C17H14N2OS2/c1-12-4-6-13(7-5-12)9-15-16(20)19(17(21)22-15)11-14-3-2-8-18-10-14/h2-10H,11H2,1H3/b15-9+. The summed E-state index contributed by atoms with van der Waals surface area (Å²) < 4.78 is 0.590. The van der Waals surface area contributed by atoms with E-state index in [0.29, 0.717) is 15.8 Å². The van der Waals surface area contributed by atoms with Gasteiger partial charge in [-0.3, -0.25) is 14.7 Å². The number of carbonyl (C=O) groups is 1. The van der Waals surface area contributed by atoms with Gasteiger partial charge in [0.25, 0.3) is 5.91 Å². The van der Waals surface area contributed by atoms with Crippen LogP contribution >= 0.6 is 24.0 Å². The number of carbonyl (C=O) groups excluding carboxylic acids is 1. The number of aromatic nitrogens is 1. The number of rotatable bonds is 3. The van der Waals surface area contributed by atoms with E-state index in [1.807, 2.05) is 49.4 Å². The Kier molecular flexibility index (Phi) is 4.36. The summed E-state index contributed by atoms with van der Waals surface area (Å²) in [6.07, 6.45) is 5.36. The van der Waals surface area contributed by atoms with Gasteiger partial charge in [0.1, 0.15) is 4.32 Å². The fraction of sp³-hybridized carbons (Fsp3) is 0.118. The third-order valence-corrected chi connectivity index (χ3v) is 4.69. The van der Waals surface area contributed by atoms with Crippen molar-refractivity contribution in [2.45, 2.75) is 13.5 Å². The molecule has 2 heterocycles. The van der Waals surface area contributed by atoms with Gasteiger partial charge in [-0.05, 0) is 30.2 Å². The number of hydrogen-bond acceptors (Lipinski definition) is 4. The minimum absolute atomic E-state index is 0.0422. The summed E-state index contributed by atoms with van der Waals surface area (Å²) in [4.78, 5) is 18.9. The Balaban J connectivity index is 1.80. The number of pyridine rings is 1. The van der Waals surface area contributed by atoms with Crippen molar-refractivity contribution in [2.24, 2.45) is 0 Å². The highest BCUT2D eigenvalue weighted by Crippen LogP contribution is 2.33. The summed E-state index contributed by atoms with van der Waals surface area (Å²) in [6.45, 7) is 2.50. The number of aryl methyl sites for hydroxylation is 1. The van der Waals surface area contributed by atoms with Crippen LogP contribution < -0.4 is 0 Å². The van der Waals surface area contributed by atoms with E-state index in [1.54, 1.807) is 17.3 Å². The van der Waals surface area contributed by atoms with Gasteiger partial charge in [-0.25, -0.2) is 0 Å². The van der Waals surface area contributed by atoms with Crippen molar-refractivity contribution < 1.29 is 4.79 Å². The molecule has 5 heteroatoms. The van der Waals surface area contributed by atoms with Crippen LogP contribution in [0.5, 0.6) is 0 Å². The van der Waals surface area contributed by atoms with Gasteiger partial charge in [0.2, 0.25) is 0 Å². The van der Waals surface area contributed by atoms with Gasteiger partial charge in [-0.15, -0.1) is 0 Å². The number of thioether (sulfide) groups is 1. The zero-order valence-corrected chi connectivity index (χ0v) is 13.7. The monoisotopic (exact) mass is 326 g/mol. The summed E-state index contributed by atoms with van der Waals surface area (Å²) in [6, 6.07) is 11.9. The van der Waals surface area contributed by atoms with Crippen LogP contribution in [0.1, 0.15) is 16.7 Å². The van der Waals surface area contributed by atoms with E-state index >= 15 is 0 Å². The predicted octanol–water partition coefficient (Wildman–Crippen LogP) is 3.79. The quantitative estimate of drug-likeness (QED) is 0.635. The topological polar surface area (TPSA) is 33.2 Å². The summed E-state index contributed by atoms with van der Waals surface area (Å²) in [5, 5.41) is 0. The molecule has 1 aromatic heterocycles. The van der Waals surface area contributed by atoms with Gasteiger partial charge in [-0.2, -0.15) is 0 Å². The Morgan fingerprint density at radius 1 is 1.27 bits per heavy atom. The average Bonchev–Trinajstić information content (AvgIpc) is 2.78. The van der Waals surface area contributed by atoms with Gasteiger partial charge in [0.15, 0.2) is 0 Å². The lowest BCUT2D eigenvalue weighted by Crippen LogP contribution is -2.27. The molecule has 1 amide bonds. The Hall–Kier alpha value is -1.98. The summed E-state index contributed by atoms with van der Waals surface area (Å²) in [7, 11) is 0. The highest BCUT2D eigenvalue weighted by atomic mass is 32.2. The number of hydrogen-bond donors (Lipinski definition) is 0. The van der Waals surface area contributed by atoms with Gasteiger partial charge < -0.3 is 0 Å². The van der Waals surface area contributed by atoms with Crippen LogP contribution in [0, 0.1) is 6.92 Å². The lowest BCUT2D eigenvalue weighted by atomic mass is 10.1. The van der Waals surface area contributed by atoms with Gasteiger partial charge in [-0.1, -0.05) is 59.9 Å². The van der Waals surface area contributed by atoms with Crippen molar-refractivity contribution in [1.29, 1.82) is 0 Å². The first kappa shape index (κ1) is 14.9. The largest absolute Gasteiger partial charge is 0.288 e. The minimum Gasteiger partial charge on any atom is -0.288 e. The SMILES string of the molecule is Cc1ccc(/C=C2/SC(=S)N(Cc3cccnc3)C2=O)cc1. The fourth-order valence-electron chi connectivity index (χ4n) is 2.12. The molecule has 0 unspecified atom stereocenters. The highest BCUT2D eigenvalue weighted by Gasteiger charge is 2.31. The summed E-state index contributed by atoms with van der Waals surface area (Å²) in [5.41, 5.74) is 3.17. The molecule has 0 bridgehead atoms. The second-order valence-electron chi connectivity index (χ2n) is 5.04. The molecule has 110 valence electrons. The zero-order chi connectivity index (χ0) is 15.5. The Labute approximate surface area is 139 Å². The van der Waals surface area contributed by atoms with E-state index in [4.69, 9.17) is 12.2 Å². The highest BCUT2D eigenvalue weighted by molar-refractivity contribution is 8.26. The maximum atomic E-state index is 12.5. The normalized spacial score (nSPS) is 16.6. The first-order valence-corrected chi connectivity index (χ1v) is 8.07. The van der Waals surface area contributed by atoms with E-state index in [1.165, 1.54) is 17.3 Å². The first-order valence-electron chi connectivity index (χ1n) is 6.84. The molecule has 2 aromatic rings. The smallest absolute Gasteiger partial charge is 0.266 e. The Bertz CT molecular complexity index is 739. The van der Waals surface area contributed by atoms with Crippen LogP contribution in [0.4, 0.5) is 0 Å². The minimum atomic E-state index is -0.0422. The fourth-order valence-corrected chi connectivity index (χ4v) is 3.38. The summed E-state index contributed by atoms with van der Waals surface area (Å²) in [5.74, 6) is -0.0422. The average molecular weight is 326 g/mol. The predicted molar refractivity (Wildman–Crippen MR) is 94.1 cm³/mol. The van der Waals surface area contributed by atoms with Crippen molar-refractivity contribution in [3.63, 3.8) is 0 Å². The van der Waals surface area contributed by atoms with Crippen molar-refractivity contribution in [3.8, 4) is 0 Å². The van der Waals surface area contributed by atoms with Crippen LogP contribution in [0.25, 0.3) is 6.08 Å². The second kappa shape index (κ2) is 6.42. The van der Waals surface area contributed by atoms with Crippen molar-refractivity contribution in [2.75, 3.05) is 0 Å². The molecule has 1 saturated heterocycles. The molecule has 22 heavy (non-hydrogen) atoms. The van der Waals surface area contributed by atoms with E-state index in [2.05, 4.69) is 4.98 Å². The van der Waals surface area contributed by atoms with Gasteiger partial charge in [0, 0.05) is 12.4 Å². The molecule has 0 spiro atoms. The van der Waals surface area contributed by atoms with Crippen molar-refractivity contribution in [1.82, 2.24) is 9.88 Å². The lowest BCUT2D eigenvalue weighted by molar-refractivity contribution is -0.122. The molecule has 1 aliphatic heterocycles. The molecule has 1 fully saturated rings. The number of nitrogens with zero attached hydrogens (tertiary/aromatic N) is 2. The van der Waals surface area contributed by atoms with Gasteiger partial charge >= 0.3 is 0 Å². The third-order valence-electron chi connectivity index (χ3n) is 3.31. The molecular weight excluding hydrogens is 312 g/mol. The molecule has 0 aliphatic carbocycles. The molecule has 3 nitrogen and oxygen atoms in total. The second-order valence-corrected chi connectivity index (χ2v) is 6.72. The maximum Gasteiger partial charge on any atom is 0.266 e. The van der Waals surface area contributed by atoms with Crippen LogP contribution in [-0.2, 0) is 11.3 Å². The number of thiocarbonyl (C=S) groups is 1. The zero-order valence-electron chi connectivity index (χ0n) is 12.0. The van der Waals surface area contributed by atoms with Crippen molar-refractivity contribution in [3.05, 3.63) is 70.4 Å². The van der Waals surface area contributed by atoms with Crippen LogP contribution in [0.2, 0.25) is 0 Å². The molecular formula is C17H14N2OS2. The molecule has 0 N–H and O–H groups in total. The number of benzene rings is 1. The van der Waals surface area contributed by atoms with E-state index in [-0.39, 0.29) is 5.91 Å². The molecule has 0 saturated carbocycles. The van der Waals surface area contributed by atoms with Gasteiger partial charge in [0.05, 0.1) is 11.4 Å². The molecule has 1 aliphatic rings. The maximum absolute atomic E-state index is 12.5. The lowest BCUT2D eigenvalue weighted by Gasteiger charge is -2.13. The molecule has 0 radical (unpaired) electrons. The first-order chi connectivity index (χ1) is 10.6. The van der Waals surface area contributed by atoms with E-state index in [9.17, 15) is 4.79 Å². The Morgan fingerprint density at radius 2 is 2.05 bits per heavy atom. The molecule has 0 atom stereocenters. The number of amides is 1. The van der Waals surface area contributed by atoms with Crippen LogP contribution in [0.15, 0.2) is 53.7 Å². The van der Waals surface area contributed by atoms with Crippen LogP contribution in [-0.4, -0.2) is 20.1 Å². The van der Waals surface area contributed by atoms with Crippen molar-refractivity contribution >= 4 is 40.3 Å². The van der Waals surface area contributed by atoms with E-state index < -0.39 is 0 Å². The summed E-state index contributed by atoms with van der Waals surface area (Å²) >= 11 is 6.69. The van der Waals surface area contributed by atoms with Crippen LogP contribution in [0.3, 0.4) is 0 Å². The molecule has 1 aromatic carbocycles. The Morgan fingerprint density at radius 3 is 2.73 bits per heavy atom. The third kappa shape index (κ3) is 3.26.